The van der Waals surface area contributed by atoms with Crippen LogP contribution in [0.3, 0.4) is 0 Å². The third-order valence-electron chi connectivity index (χ3n) is 3.54. The van der Waals surface area contributed by atoms with E-state index in [0.717, 1.165) is 29.1 Å². The number of amides is 1. The highest BCUT2D eigenvalue weighted by Crippen LogP contribution is 2.26. The summed E-state index contributed by atoms with van der Waals surface area (Å²) in [6.45, 7) is 7.00. The average Bonchev–Trinajstić information content (AvgIpc) is 3.02. The smallest absolute Gasteiger partial charge is 0.260 e. The van der Waals surface area contributed by atoms with E-state index in [-0.39, 0.29) is 5.91 Å². The molecule has 1 aromatic heterocycles. The van der Waals surface area contributed by atoms with Crippen LogP contribution in [0.5, 0.6) is 5.75 Å². The highest BCUT2D eigenvalue weighted by Gasteiger charge is 2.15. The van der Waals surface area contributed by atoms with E-state index in [4.69, 9.17) is 16.3 Å². The normalized spacial score (nSPS) is 12.0. The second-order valence-corrected chi connectivity index (χ2v) is 5.95. The van der Waals surface area contributed by atoms with Crippen LogP contribution in [-0.2, 0) is 11.3 Å². The fraction of sp³-hybridized carbons (Fsp3) is 0.412. The van der Waals surface area contributed by atoms with Gasteiger partial charge in [0.15, 0.2) is 6.10 Å². The molecule has 0 saturated heterocycles. The van der Waals surface area contributed by atoms with Crippen LogP contribution in [0.2, 0.25) is 5.02 Å². The molecule has 0 aliphatic heterocycles. The number of aromatic nitrogens is 2. The van der Waals surface area contributed by atoms with Gasteiger partial charge in [0.25, 0.3) is 5.91 Å². The van der Waals surface area contributed by atoms with Gasteiger partial charge in [0, 0.05) is 30.5 Å². The average molecular weight is 336 g/mol. The molecule has 1 N–H and O–H groups in total. The predicted molar refractivity (Wildman–Crippen MR) is 90.9 cm³/mol. The lowest BCUT2D eigenvalue weighted by Gasteiger charge is -2.16. The summed E-state index contributed by atoms with van der Waals surface area (Å²) in [6, 6.07) is 3.69. The van der Waals surface area contributed by atoms with Crippen LogP contribution in [0.15, 0.2) is 30.9 Å². The van der Waals surface area contributed by atoms with E-state index in [1.54, 1.807) is 19.4 Å². The molecular formula is C17H22ClN3O2. The van der Waals surface area contributed by atoms with Crippen molar-refractivity contribution in [2.45, 2.75) is 39.8 Å². The van der Waals surface area contributed by atoms with E-state index >= 15 is 0 Å². The summed E-state index contributed by atoms with van der Waals surface area (Å²) in [7, 11) is 0. The minimum Gasteiger partial charge on any atom is -0.481 e. The third-order valence-corrected chi connectivity index (χ3v) is 4.14. The number of aryl methyl sites for hydroxylation is 3. The Bertz CT molecular complexity index is 633. The molecule has 1 amide bonds. The van der Waals surface area contributed by atoms with E-state index in [2.05, 4.69) is 10.3 Å². The summed E-state index contributed by atoms with van der Waals surface area (Å²) in [5, 5.41) is 3.61. The summed E-state index contributed by atoms with van der Waals surface area (Å²) in [5.74, 6) is 0.534. The van der Waals surface area contributed by atoms with Crippen molar-refractivity contribution in [3.05, 3.63) is 47.0 Å². The highest BCUT2D eigenvalue weighted by atomic mass is 35.5. The fourth-order valence-electron chi connectivity index (χ4n) is 2.27. The van der Waals surface area contributed by atoms with Gasteiger partial charge < -0.3 is 14.6 Å². The van der Waals surface area contributed by atoms with Gasteiger partial charge in [-0.25, -0.2) is 4.98 Å². The second-order valence-electron chi connectivity index (χ2n) is 5.58. The SMILES string of the molecule is Cc1cc(O[C@H](C)C(=O)NCCCn2ccnc2)cc(C)c1Cl. The van der Waals surface area contributed by atoms with Crippen molar-refractivity contribution in [2.75, 3.05) is 6.54 Å². The highest BCUT2D eigenvalue weighted by molar-refractivity contribution is 6.32. The summed E-state index contributed by atoms with van der Waals surface area (Å²) in [6.07, 6.45) is 5.69. The van der Waals surface area contributed by atoms with E-state index < -0.39 is 6.10 Å². The zero-order valence-corrected chi connectivity index (χ0v) is 14.4. The maximum atomic E-state index is 12.1. The zero-order valence-electron chi connectivity index (χ0n) is 13.7. The van der Waals surface area contributed by atoms with Crippen LogP contribution >= 0.6 is 11.6 Å². The molecule has 5 nitrogen and oxygen atoms in total. The number of hydrogen-bond donors (Lipinski definition) is 1. The Labute approximate surface area is 141 Å². The molecule has 124 valence electrons. The Morgan fingerprint density at radius 1 is 1.39 bits per heavy atom. The molecule has 23 heavy (non-hydrogen) atoms. The molecule has 1 atom stereocenters. The molecular weight excluding hydrogens is 314 g/mol. The minimum absolute atomic E-state index is 0.124. The minimum atomic E-state index is -0.553. The number of imidazole rings is 1. The molecule has 0 spiro atoms. The van der Waals surface area contributed by atoms with Crippen molar-refractivity contribution >= 4 is 17.5 Å². The Hall–Kier alpha value is -2.01. The zero-order chi connectivity index (χ0) is 16.8. The summed E-state index contributed by atoms with van der Waals surface area (Å²) < 4.78 is 7.69. The van der Waals surface area contributed by atoms with Crippen LogP contribution in [0.25, 0.3) is 0 Å². The lowest BCUT2D eigenvalue weighted by atomic mass is 10.1. The maximum absolute atomic E-state index is 12.1. The lowest BCUT2D eigenvalue weighted by Crippen LogP contribution is -2.37. The summed E-state index contributed by atoms with van der Waals surface area (Å²) >= 11 is 6.13. The summed E-state index contributed by atoms with van der Waals surface area (Å²) in [4.78, 5) is 16.0. The first kappa shape index (κ1) is 17.3. The van der Waals surface area contributed by atoms with Crippen molar-refractivity contribution in [1.29, 1.82) is 0 Å². The number of carbonyl (C=O) groups is 1. The van der Waals surface area contributed by atoms with E-state index in [0.29, 0.717) is 12.3 Å². The molecule has 1 heterocycles. The third kappa shape index (κ3) is 4.99. The van der Waals surface area contributed by atoms with Crippen LogP contribution in [0.4, 0.5) is 0 Å². The van der Waals surface area contributed by atoms with E-state index in [1.165, 1.54) is 0 Å². The van der Waals surface area contributed by atoms with Crippen molar-refractivity contribution < 1.29 is 9.53 Å². The number of rotatable bonds is 7. The maximum Gasteiger partial charge on any atom is 0.260 e. The molecule has 0 radical (unpaired) electrons. The molecule has 0 fully saturated rings. The Morgan fingerprint density at radius 3 is 2.70 bits per heavy atom. The molecule has 0 aliphatic carbocycles. The lowest BCUT2D eigenvalue weighted by molar-refractivity contribution is -0.127. The van der Waals surface area contributed by atoms with Gasteiger partial charge in [-0.3, -0.25) is 4.79 Å². The molecule has 0 bridgehead atoms. The van der Waals surface area contributed by atoms with Gasteiger partial charge in [-0.15, -0.1) is 0 Å². The molecule has 0 unspecified atom stereocenters. The Balaban J connectivity index is 1.78. The molecule has 6 heteroatoms. The van der Waals surface area contributed by atoms with Crippen molar-refractivity contribution in [3.8, 4) is 5.75 Å². The van der Waals surface area contributed by atoms with Crippen molar-refractivity contribution in [3.63, 3.8) is 0 Å². The van der Waals surface area contributed by atoms with Gasteiger partial charge >= 0.3 is 0 Å². The number of ether oxygens (including phenoxy) is 1. The number of benzene rings is 1. The standard InChI is InChI=1S/C17H22ClN3O2/c1-12-9-15(10-13(2)16(12)18)23-14(3)17(22)20-5-4-7-21-8-6-19-11-21/h6,8-11,14H,4-5,7H2,1-3H3,(H,20,22)/t14-/m1/s1. The second kappa shape index (κ2) is 8.02. The number of nitrogens with one attached hydrogen (secondary N) is 1. The van der Waals surface area contributed by atoms with Crippen molar-refractivity contribution in [1.82, 2.24) is 14.9 Å². The van der Waals surface area contributed by atoms with Crippen LogP contribution < -0.4 is 10.1 Å². The Kier molecular flexibility index (Phi) is 6.04. The molecule has 0 saturated carbocycles. The molecule has 0 aliphatic rings. The van der Waals surface area contributed by atoms with Gasteiger partial charge in [0.2, 0.25) is 0 Å². The molecule has 2 aromatic rings. The largest absolute Gasteiger partial charge is 0.481 e. The van der Waals surface area contributed by atoms with Gasteiger partial charge in [-0.05, 0) is 50.5 Å². The predicted octanol–water partition coefficient (Wildman–Crippen LogP) is 3.13. The first-order valence-corrected chi connectivity index (χ1v) is 8.02. The monoisotopic (exact) mass is 335 g/mol. The number of halogens is 1. The number of carbonyl (C=O) groups excluding carboxylic acids is 1. The quantitative estimate of drug-likeness (QED) is 0.791. The van der Waals surface area contributed by atoms with Gasteiger partial charge in [-0.2, -0.15) is 0 Å². The number of nitrogens with zero attached hydrogens (tertiary/aromatic N) is 2. The van der Waals surface area contributed by atoms with Crippen LogP contribution in [-0.4, -0.2) is 28.1 Å². The number of hydrogen-bond acceptors (Lipinski definition) is 3. The topological polar surface area (TPSA) is 56.1 Å². The first-order valence-electron chi connectivity index (χ1n) is 7.64. The van der Waals surface area contributed by atoms with Gasteiger partial charge in [0.1, 0.15) is 5.75 Å². The van der Waals surface area contributed by atoms with Gasteiger partial charge in [0.05, 0.1) is 6.33 Å². The van der Waals surface area contributed by atoms with Gasteiger partial charge in [-0.1, -0.05) is 11.6 Å². The van der Waals surface area contributed by atoms with E-state index in [1.807, 2.05) is 36.7 Å². The van der Waals surface area contributed by atoms with Crippen LogP contribution in [0, 0.1) is 13.8 Å². The molecule has 2 rings (SSSR count). The van der Waals surface area contributed by atoms with Crippen molar-refractivity contribution in [2.24, 2.45) is 0 Å². The van der Waals surface area contributed by atoms with E-state index in [9.17, 15) is 4.79 Å². The summed E-state index contributed by atoms with van der Waals surface area (Å²) in [5.41, 5.74) is 1.88. The first-order chi connectivity index (χ1) is 11.0. The molecule has 1 aromatic carbocycles. The van der Waals surface area contributed by atoms with Crippen LogP contribution in [0.1, 0.15) is 24.5 Å². The fourth-order valence-corrected chi connectivity index (χ4v) is 2.38. The Morgan fingerprint density at radius 2 is 2.09 bits per heavy atom.